The van der Waals surface area contributed by atoms with E-state index >= 15 is 0 Å². The Morgan fingerprint density at radius 2 is 1.79 bits per heavy atom. The Morgan fingerprint density at radius 1 is 1.08 bits per heavy atom. The van der Waals surface area contributed by atoms with Gasteiger partial charge >= 0.3 is 12.1 Å². The highest BCUT2D eigenvalue weighted by atomic mass is 16.6. The number of methoxy groups -OCH3 is 1. The van der Waals surface area contributed by atoms with Crippen molar-refractivity contribution >= 4 is 29.8 Å². The van der Waals surface area contributed by atoms with E-state index in [1.54, 1.807) is 57.0 Å². The van der Waals surface area contributed by atoms with Crippen molar-refractivity contribution in [2.24, 2.45) is 5.92 Å². The molecule has 5 rings (SSSR count). The smallest absolute Gasteiger partial charge is 0.408 e. The van der Waals surface area contributed by atoms with Gasteiger partial charge in [0.2, 0.25) is 11.8 Å². The van der Waals surface area contributed by atoms with Crippen molar-refractivity contribution in [3.63, 3.8) is 0 Å². The molecule has 2 aliphatic heterocycles. The van der Waals surface area contributed by atoms with E-state index in [1.165, 1.54) is 9.70 Å². The Bertz CT molecular complexity index is 1680. The van der Waals surface area contributed by atoms with Gasteiger partial charge in [0, 0.05) is 37.5 Å². The lowest BCUT2D eigenvalue weighted by atomic mass is 10.0. The molecule has 3 N–H and O–H groups in total. The van der Waals surface area contributed by atoms with Gasteiger partial charge in [-0.3, -0.25) is 14.4 Å². The lowest BCUT2D eigenvalue weighted by Crippen LogP contribution is -2.56. The van der Waals surface area contributed by atoms with Crippen LogP contribution in [0.25, 0.3) is 11.3 Å². The SMILES string of the molecule is CCN(CC)C(=O)c1nn([C@H]2C[C@H]3C(=O)N[C@@]4(C(=O)O)C[C@H]4/C=C\CCCCC[C@@H](NC(=O)OC(C)(C)C)C(=O)N3C2)nc1-c1ccc(OC)cc1. The molecular formula is C37H51N7O8. The number of alkyl carbamates (subject to hydrolysis) is 1. The van der Waals surface area contributed by atoms with E-state index in [0.29, 0.717) is 42.9 Å². The van der Waals surface area contributed by atoms with Gasteiger partial charge in [0.25, 0.3) is 5.91 Å². The minimum Gasteiger partial charge on any atom is -0.497 e. The van der Waals surface area contributed by atoms with Crippen LogP contribution in [0.4, 0.5) is 4.79 Å². The number of carboxylic acid groups (broad SMARTS) is 1. The molecule has 52 heavy (non-hydrogen) atoms. The molecule has 2 aromatic rings. The Labute approximate surface area is 304 Å². The summed E-state index contributed by atoms with van der Waals surface area (Å²) >= 11 is 0. The number of allylic oxidation sites excluding steroid dienone is 1. The zero-order valence-electron chi connectivity index (χ0n) is 30.9. The number of benzene rings is 1. The number of nitrogens with zero attached hydrogens (tertiary/aromatic N) is 5. The molecule has 1 saturated carbocycles. The third-order valence-electron chi connectivity index (χ3n) is 9.90. The van der Waals surface area contributed by atoms with Gasteiger partial charge < -0.3 is 35.0 Å². The fourth-order valence-corrected chi connectivity index (χ4v) is 6.93. The quantitative estimate of drug-likeness (QED) is 0.337. The zero-order chi connectivity index (χ0) is 37.8. The topological polar surface area (TPSA) is 185 Å². The molecule has 0 unspecified atom stereocenters. The average Bonchev–Trinajstić information content (AvgIpc) is 3.40. The van der Waals surface area contributed by atoms with Gasteiger partial charge in [-0.15, -0.1) is 5.10 Å². The number of rotatable bonds is 8. The third kappa shape index (κ3) is 8.39. The Kier molecular flexibility index (Phi) is 11.6. The monoisotopic (exact) mass is 721 g/mol. The number of nitrogens with one attached hydrogen (secondary N) is 2. The minimum atomic E-state index is -1.48. The fraction of sp³-hybridized carbons (Fsp3) is 0.595. The number of carbonyl (C=O) groups is 5. The van der Waals surface area contributed by atoms with Crippen LogP contribution in [0.1, 0.15) is 96.1 Å². The number of aliphatic carboxylic acids is 1. The van der Waals surface area contributed by atoms with Crippen LogP contribution < -0.4 is 15.4 Å². The van der Waals surface area contributed by atoms with Crippen molar-refractivity contribution in [3.05, 3.63) is 42.1 Å². The van der Waals surface area contributed by atoms with Crippen LogP contribution >= 0.6 is 0 Å². The number of carbonyl (C=O) groups excluding carboxylic acids is 4. The normalized spacial score (nSPS) is 25.8. The Hall–Kier alpha value is -4.95. The van der Waals surface area contributed by atoms with Gasteiger partial charge in [-0.2, -0.15) is 9.90 Å². The van der Waals surface area contributed by atoms with Gasteiger partial charge in [0.15, 0.2) is 5.69 Å². The lowest BCUT2D eigenvalue weighted by molar-refractivity contribution is -0.145. The van der Waals surface area contributed by atoms with Crippen LogP contribution in [0.5, 0.6) is 5.75 Å². The average molecular weight is 722 g/mol. The van der Waals surface area contributed by atoms with Crippen LogP contribution in [0.15, 0.2) is 36.4 Å². The van der Waals surface area contributed by atoms with Gasteiger partial charge in [0.05, 0.1) is 13.2 Å². The summed E-state index contributed by atoms with van der Waals surface area (Å²) in [5.74, 6) is -2.34. The summed E-state index contributed by atoms with van der Waals surface area (Å²) in [5, 5.41) is 25.2. The highest BCUT2D eigenvalue weighted by Crippen LogP contribution is 2.45. The Morgan fingerprint density at radius 3 is 2.42 bits per heavy atom. The largest absolute Gasteiger partial charge is 0.497 e. The number of fused-ring (bicyclic) bond motifs is 2. The molecule has 0 spiro atoms. The maximum Gasteiger partial charge on any atom is 0.408 e. The van der Waals surface area contributed by atoms with Crippen LogP contribution in [-0.2, 0) is 19.1 Å². The van der Waals surface area contributed by atoms with E-state index in [9.17, 15) is 29.1 Å². The minimum absolute atomic E-state index is 0.0253. The molecule has 5 atom stereocenters. The predicted molar refractivity (Wildman–Crippen MR) is 190 cm³/mol. The second kappa shape index (κ2) is 15.7. The van der Waals surface area contributed by atoms with Crippen molar-refractivity contribution in [1.82, 2.24) is 35.4 Å². The maximum atomic E-state index is 14.4. The molecule has 0 radical (unpaired) electrons. The van der Waals surface area contributed by atoms with Crippen molar-refractivity contribution in [1.29, 1.82) is 0 Å². The first-order valence-corrected chi connectivity index (χ1v) is 18.1. The maximum absolute atomic E-state index is 14.4. The van der Waals surface area contributed by atoms with Crippen LogP contribution in [-0.4, -0.2) is 110 Å². The molecule has 282 valence electrons. The molecule has 1 saturated heterocycles. The highest BCUT2D eigenvalue weighted by molar-refractivity contribution is 5.98. The molecule has 15 nitrogen and oxygen atoms in total. The molecule has 15 heteroatoms. The molecular weight excluding hydrogens is 670 g/mol. The summed E-state index contributed by atoms with van der Waals surface area (Å²) in [6, 6.07) is 4.29. The molecule has 3 heterocycles. The number of amides is 4. The zero-order valence-corrected chi connectivity index (χ0v) is 30.9. The molecule has 4 amide bonds. The summed E-state index contributed by atoms with van der Waals surface area (Å²) in [7, 11) is 1.56. The van der Waals surface area contributed by atoms with Gasteiger partial charge in [-0.25, -0.2) is 9.59 Å². The van der Waals surface area contributed by atoms with Crippen LogP contribution in [0.3, 0.4) is 0 Å². The van der Waals surface area contributed by atoms with Crippen molar-refractivity contribution in [3.8, 4) is 17.0 Å². The van der Waals surface area contributed by atoms with E-state index in [-0.39, 0.29) is 36.9 Å². The number of ether oxygens (including phenoxy) is 2. The molecule has 1 aromatic heterocycles. The Balaban J connectivity index is 1.53. The summed E-state index contributed by atoms with van der Waals surface area (Å²) in [5.41, 5.74) is -1.20. The van der Waals surface area contributed by atoms with Gasteiger partial charge in [-0.1, -0.05) is 25.0 Å². The predicted octanol–water partition coefficient (Wildman–Crippen LogP) is 3.95. The highest BCUT2D eigenvalue weighted by Gasteiger charge is 2.61. The van der Waals surface area contributed by atoms with E-state index < -0.39 is 53.1 Å². The molecule has 2 fully saturated rings. The summed E-state index contributed by atoms with van der Waals surface area (Å²) < 4.78 is 10.8. The number of hydrogen-bond acceptors (Lipinski definition) is 9. The third-order valence-corrected chi connectivity index (χ3v) is 9.90. The van der Waals surface area contributed by atoms with Crippen molar-refractivity contribution in [2.45, 2.75) is 109 Å². The summed E-state index contributed by atoms with van der Waals surface area (Å²) in [6.07, 6.45) is 6.57. The first kappa shape index (κ1) is 38.3. The van der Waals surface area contributed by atoms with Crippen LogP contribution in [0.2, 0.25) is 0 Å². The van der Waals surface area contributed by atoms with Crippen LogP contribution in [0, 0.1) is 5.92 Å². The molecule has 3 aliphatic rings. The number of hydrogen-bond donors (Lipinski definition) is 3. The number of aromatic nitrogens is 3. The summed E-state index contributed by atoms with van der Waals surface area (Å²) in [6.45, 7) is 9.80. The van der Waals surface area contributed by atoms with Gasteiger partial charge in [0.1, 0.15) is 34.7 Å². The van der Waals surface area contributed by atoms with E-state index in [4.69, 9.17) is 14.6 Å². The second-order valence-corrected chi connectivity index (χ2v) is 14.7. The number of carboxylic acids is 1. The summed E-state index contributed by atoms with van der Waals surface area (Å²) in [4.78, 5) is 72.2. The first-order chi connectivity index (χ1) is 24.7. The standard InChI is InChI=1S/C37H51N7O8/c1-7-42(8-2)33(47)30-29(23-16-18-26(51-6)19-17-23)40-44(41-30)25-20-28-31(45)39-37(34(48)49)21-24(37)14-12-10-9-11-13-15-27(32(46)43(28)22-25)38-35(50)52-36(3,4)5/h12,14,16-19,24-25,27-28H,7-11,13,15,20-22H2,1-6H3,(H,38,50)(H,39,45)(H,48,49)/b14-12-/t24-,25+,27-,28+,37+/m1/s1. The first-order valence-electron chi connectivity index (χ1n) is 18.1. The molecule has 0 bridgehead atoms. The van der Waals surface area contributed by atoms with Crippen molar-refractivity contribution < 1.29 is 38.6 Å². The molecule has 1 aliphatic carbocycles. The lowest BCUT2D eigenvalue weighted by Gasteiger charge is -2.30. The van der Waals surface area contributed by atoms with E-state index in [1.807, 2.05) is 26.0 Å². The van der Waals surface area contributed by atoms with E-state index in [2.05, 4.69) is 15.7 Å². The molecule has 1 aromatic carbocycles. The fourth-order valence-electron chi connectivity index (χ4n) is 6.93. The van der Waals surface area contributed by atoms with Crippen molar-refractivity contribution in [2.75, 3.05) is 26.7 Å². The second-order valence-electron chi connectivity index (χ2n) is 14.7. The van der Waals surface area contributed by atoms with E-state index in [0.717, 1.165) is 19.3 Å². The van der Waals surface area contributed by atoms with Gasteiger partial charge in [-0.05, 0) is 84.6 Å².